The molecule has 0 radical (unpaired) electrons. The second-order valence-electron chi connectivity index (χ2n) is 3.82. The molecule has 0 saturated heterocycles. The normalized spacial score (nSPS) is 11.0. The molecule has 110 valence electrons. The van der Waals surface area contributed by atoms with Crippen molar-refractivity contribution in [1.82, 2.24) is 0 Å². The standard InChI is InChI=1S/C14H19NO4S/c1-3-18-13(16)8-7-11(14(17)19-4-2)10-15-12-6-5-9-20-12/h5-6,9-10,15H,3-4,7-8H2,1-2H3. The Kier molecular flexibility index (Phi) is 7.42. The van der Waals surface area contributed by atoms with Gasteiger partial charge in [-0.1, -0.05) is 0 Å². The summed E-state index contributed by atoms with van der Waals surface area (Å²) >= 11 is 1.52. The Labute approximate surface area is 122 Å². The number of anilines is 1. The maximum absolute atomic E-state index is 11.8. The number of rotatable bonds is 8. The zero-order chi connectivity index (χ0) is 14.8. The smallest absolute Gasteiger partial charge is 0.335 e. The number of hydrogen-bond donors (Lipinski definition) is 1. The lowest BCUT2D eigenvalue weighted by molar-refractivity contribution is -0.143. The van der Waals surface area contributed by atoms with Crippen LogP contribution in [0.3, 0.4) is 0 Å². The Morgan fingerprint density at radius 2 is 2.00 bits per heavy atom. The van der Waals surface area contributed by atoms with Gasteiger partial charge in [0.15, 0.2) is 0 Å². The fourth-order valence-corrected chi connectivity index (χ4v) is 2.03. The van der Waals surface area contributed by atoms with Gasteiger partial charge in [-0.3, -0.25) is 4.79 Å². The van der Waals surface area contributed by atoms with E-state index in [1.807, 2.05) is 17.5 Å². The minimum absolute atomic E-state index is 0.157. The Bertz CT molecular complexity index is 454. The topological polar surface area (TPSA) is 64.6 Å². The number of esters is 2. The van der Waals surface area contributed by atoms with Crippen molar-refractivity contribution in [2.45, 2.75) is 26.7 Å². The molecule has 0 atom stereocenters. The van der Waals surface area contributed by atoms with Gasteiger partial charge in [0.25, 0.3) is 0 Å². The van der Waals surface area contributed by atoms with E-state index in [1.54, 1.807) is 20.0 Å². The summed E-state index contributed by atoms with van der Waals surface area (Å²) in [5.41, 5.74) is 0.424. The Morgan fingerprint density at radius 1 is 1.25 bits per heavy atom. The van der Waals surface area contributed by atoms with Crippen LogP contribution in [0.5, 0.6) is 0 Å². The molecule has 0 fully saturated rings. The molecule has 0 aromatic carbocycles. The third-order valence-corrected chi connectivity index (χ3v) is 3.15. The molecule has 6 heteroatoms. The van der Waals surface area contributed by atoms with Crippen molar-refractivity contribution < 1.29 is 19.1 Å². The summed E-state index contributed by atoms with van der Waals surface area (Å²) in [5.74, 6) is -0.736. The summed E-state index contributed by atoms with van der Waals surface area (Å²) in [4.78, 5) is 23.1. The predicted octanol–water partition coefficient (Wildman–Crippen LogP) is 2.95. The number of carbonyl (C=O) groups excluding carboxylic acids is 2. The zero-order valence-corrected chi connectivity index (χ0v) is 12.5. The van der Waals surface area contributed by atoms with E-state index in [9.17, 15) is 9.59 Å². The molecular weight excluding hydrogens is 278 g/mol. The lowest BCUT2D eigenvalue weighted by Crippen LogP contribution is -2.12. The van der Waals surface area contributed by atoms with E-state index >= 15 is 0 Å². The van der Waals surface area contributed by atoms with Gasteiger partial charge in [0.2, 0.25) is 0 Å². The molecule has 1 heterocycles. The fraction of sp³-hybridized carbons (Fsp3) is 0.429. The summed E-state index contributed by atoms with van der Waals surface area (Å²) in [6, 6.07) is 3.80. The van der Waals surface area contributed by atoms with E-state index in [-0.39, 0.29) is 18.8 Å². The van der Waals surface area contributed by atoms with Gasteiger partial charge in [-0.15, -0.1) is 11.3 Å². The summed E-state index contributed by atoms with van der Waals surface area (Å²) in [6.07, 6.45) is 2.03. The molecule has 20 heavy (non-hydrogen) atoms. The van der Waals surface area contributed by atoms with E-state index in [1.165, 1.54) is 11.3 Å². The maximum Gasteiger partial charge on any atom is 0.335 e. The highest BCUT2D eigenvalue weighted by Crippen LogP contribution is 2.16. The van der Waals surface area contributed by atoms with Gasteiger partial charge < -0.3 is 14.8 Å². The molecule has 0 aliphatic rings. The van der Waals surface area contributed by atoms with Crippen molar-refractivity contribution in [1.29, 1.82) is 0 Å². The van der Waals surface area contributed by atoms with Gasteiger partial charge in [-0.2, -0.15) is 0 Å². The van der Waals surface area contributed by atoms with Gasteiger partial charge in [0.05, 0.1) is 23.8 Å². The highest BCUT2D eigenvalue weighted by atomic mass is 32.1. The number of carbonyl (C=O) groups is 2. The van der Waals surface area contributed by atoms with Crippen molar-refractivity contribution in [3.63, 3.8) is 0 Å². The van der Waals surface area contributed by atoms with Crippen molar-refractivity contribution in [2.75, 3.05) is 18.5 Å². The first-order valence-corrected chi connectivity index (χ1v) is 7.37. The van der Waals surface area contributed by atoms with Gasteiger partial charge in [-0.25, -0.2) is 4.79 Å². The second-order valence-corrected chi connectivity index (χ2v) is 4.76. The molecule has 0 spiro atoms. The third-order valence-electron chi connectivity index (χ3n) is 2.35. The Hall–Kier alpha value is -1.82. The predicted molar refractivity (Wildman–Crippen MR) is 78.5 cm³/mol. The number of ether oxygens (including phenoxy) is 2. The largest absolute Gasteiger partial charge is 0.466 e. The molecule has 0 amide bonds. The molecule has 0 saturated carbocycles. The zero-order valence-electron chi connectivity index (χ0n) is 11.7. The molecule has 1 rings (SSSR count). The summed E-state index contributed by atoms with van der Waals surface area (Å²) < 4.78 is 9.82. The van der Waals surface area contributed by atoms with Crippen LogP contribution in [-0.2, 0) is 19.1 Å². The van der Waals surface area contributed by atoms with Crippen LogP contribution >= 0.6 is 11.3 Å². The molecule has 1 aromatic rings. The van der Waals surface area contributed by atoms with Crippen molar-refractivity contribution in [3.8, 4) is 0 Å². The quantitative estimate of drug-likeness (QED) is 0.590. The summed E-state index contributed by atoms with van der Waals surface area (Å²) in [6.45, 7) is 4.13. The van der Waals surface area contributed by atoms with E-state index in [2.05, 4.69) is 5.32 Å². The molecule has 0 aliphatic carbocycles. The lowest BCUT2D eigenvalue weighted by Gasteiger charge is -2.07. The SMILES string of the molecule is CCOC(=O)CCC(=CNc1cccs1)C(=O)OCC. The average molecular weight is 297 g/mol. The van der Waals surface area contributed by atoms with Gasteiger partial charge >= 0.3 is 11.9 Å². The molecule has 0 aliphatic heterocycles. The van der Waals surface area contributed by atoms with Crippen LogP contribution in [0, 0.1) is 0 Å². The van der Waals surface area contributed by atoms with Crippen LogP contribution in [0.25, 0.3) is 0 Å². The van der Waals surface area contributed by atoms with E-state index < -0.39 is 5.97 Å². The van der Waals surface area contributed by atoms with Crippen molar-refractivity contribution in [3.05, 3.63) is 29.3 Å². The molecule has 1 aromatic heterocycles. The maximum atomic E-state index is 11.8. The summed E-state index contributed by atoms with van der Waals surface area (Å²) in [7, 11) is 0. The van der Waals surface area contributed by atoms with Crippen molar-refractivity contribution in [2.24, 2.45) is 0 Å². The lowest BCUT2D eigenvalue weighted by atomic mass is 10.1. The minimum atomic E-state index is -0.416. The minimum Gasteiger partial charge on any atom is -0.466 e. The van der Waals surface area contributed by atoms with Crippen LogP contribution in [0.4, 0.5) is 5.00 Å². The first-order valence-electron chi connectivity index (χ1n) is 6.49. The van der Waals surface area contributed by atoms with Gasteiger partial charge in [0, 0.05) is 12.6 Å². The van der Waals surface area contributed by atoms with Crippen LogP contribution in [-0.4, -0.2) is 25.2 Å². The monoisotopic (exact) mass is 297 g/mol. The fourth-order valence-electron chi connectivity index (χ4n) is 1.45. The highest BCUT2D eigenvalue weighted by molar-refractivity contribution is 7.14. The molecular formula is C14H19NO4S. The van der Waals surface area contributed by atoms with Crippen LogP contribution < -0.4 is 5.32 Å². The van der Waals surface area contributed by atoms with Crippen molar-refractivity contribution >= 4 is 28.3 Å². The molecule has 0 unspecified atom stereocenters. The Balaban J connectivity index is 2.62. The van der Waals surface area contributed by atoms with E-state index in [0.717, 1.165) is 5.00 Å². The average Bonchev–Trinajstić information content (AvgIpc) is 2.92. The molecule has 5 nitrogen and oxygen atoms in total. The van der Waals surface area contributed by atoms with Crippen LogP contribution in [0.15, 0.2) is 29.3 Å². The van der Waals surface area contributed by atoms with Crippen LogP contribution in [0.2, 0.25) is 0 Å². The Morgan fingerprint density at radius 3 is 2.60 bits per heavy atom. The van der Waals surface area contributed by atoms with E-state index in [0.29, 0.717) is 18.8 Å². The second kappa shape index (κ2) is 9.14. The van der Waals surface area contributed by atoms with Gasteiger partial charge in [-0.05, 0) is 37.8 Å². The van der Waals surface area contributed by atoms with Gasteiger partial charge in [0.1, 0.15) is 0 Å². The van der Waals surface area contributed by atoms with Crippen LogP contribution in [0.1, 0.15) is 26.7 Å². The summed E-state index contributed by atoms with van der Waals surface area (Å²) in [5, 5.41) is 5.87. The first kappa shape index (κ1) is 16.2. The molecule has 1 N–H and O–H groups in total. The number of nitrogens with one attached hydrogen (secondary N) is 1. The third kappa shape index (κ3) is 5.88. The number of thiophene rings is 1. The first-order chi connectivity index (χ1) is 9.67. The highest BCUT2D eigenvalue weighted by Gasteiger charge is 2.13. The number of hydrogen-bond acceptors (Lipinski definition) is 6. The molecule has 0 bridgehead atoms. The van der Waals surface area contributed by atoms with E-state index in [4.69, 9.17) is 9.47 Å².